The van der Waals surface area contributed by atoms with Gasteiger partial charge in [0.15, 0.2) is 0 Å². The third-order valence-corrected chi connectivity index (χ3v) is 4.91. The molecule has 1 N–H and O–H groups in total. The Hall–Kier alpha value is -2.60. The number of halogens is 1. The Morgan fingerprint density at radius 3 is 2.67 bits per heavy atom. The molecule has 2 aromatic carbocycles. The number of hydrogen-bond donors (Lipinski definition) is 1. The predicted octanol–water partition coefficient (Wildman–Crippen LogP) is 3.30. The molecule has 1 atom stereocenters. The van der Waals surface area contributed by atoms with E-state index in [1.165, 1.54) is 12.1 Å². The fraction of sp³-hybridized carbons (Fsp3) is 0.381. The average Bonchev–Trinajstić information content (AvgIpc) is 3.14. The van der Waals surface area contributed by atoms with Gasteiger partial charge in [0.1, 0.15) is 17.3 Å². The largest absolute Gasteiger partial charge is 0.497 e. The van der Waals surface area contributed by atoms with Gasteiger partial charge in [-0.25, -0.2) is 4.39 Å². The molecule has 2 aromatic rings. The monoisotopic (exact) mass is 372 g/mol. The topological polar surface area (TPSA) is 50.8 Å². The molecule has 6 heteroatoms. The minimum absolute atomic E-state index is 0.0429. The van der Waals surface area contributed by atoms with E-state index >= 15 is 0 Å². The molecule has 0 spiro atoms. The highest BCUT2D eigenvalue weighted by molar-refractivity contribution is 5.78. The summed E-state index contributed by atoms with van der Waals surface area (Å²) in [4.78, 5) is 14.6. The van der Waals surface area contributed by atoms with Gasteiger partial charge in [0.2, 0.25) is 5.91 Å². The van der Waals surface area contributed by atoms with Crippen LogP contribution in [0.1, 0.15) is 30.0 Å². The number of ether oxygens (including phenoxy) is 2. The van der Waals surface area contributed by atoms with Crippen molar-refractivity contribution in [2.45, 2.75) is 25.4 Å². The molecule has 0 bridgehead atoms. The van der Waals surface area contributed by atoms with Gasteiger partial charge in [0, 0.05) is 24.2 Å². The van der Waals surface area contributed by atoms with Gasteiger partial charge in [-0.15, -0.1) is 0 Å². The molecule has 1 aliphatic heterocycles. The quantitative estimate of drug-likeness (QED) is 0.810. The van der Waals surface area contributed by atoms with Gasteiger partial charge in [-0.05, 0) is 43.1 Å². The van der Waals surface area contributed by atoms with Gasteiger partial charge in [0.05, 0.1) is 20.8 Å². The summed E-state index contributed by atoms with van der Waals surface area (Å²) in [6, 6.07) is 12.1. The molecule has 0 radical (unpaired) electrons. The molecule has 0 unspecified atom stereocenters. The van der Waals surface area contributed by atoms with Gasteiger partial charge < -0.3 is 14.8 Å². The highest BCUT2D eigenvalue weighted by Crippen LogP contribution is 2.38. The third-order valence-electron chi connectivity index (χ3n) is 4.91. The van der Waals surface area contributed by atoms with Gasteiger partial charge in [-0.2, -0.15) is 0 Å². The summed E-state index contributed by atoms with van der Waals surface area (Å²) in [5.74, 6) is 1.20. The first kappa shape index (κ1) is 19.2. The van der Waals surface area contributed by atoms with E-state index in [2.05, 4.69) is 10.2 Å². The van der Waals surface area contributed by atoms with E-state index in [1.54, 1.807) is 26.4 Å². The van der Waals surface area contributed by atoms with Gasteiger partial charge in [-0.1, -0.05) is 18.2 Å². The second-order valence-electron chi connectivity index (χ2n) is 6.64. The van der Waals surface area contributed by atoms with Crippen LogP contribution in [0.5, 0.6) is 11.5 Å². The van der Waals surface area contributed by atoms with Crippen molar-refractivity contribution in [3.63, 3.8) is 0 Å². The molecule has 1 amide bonds. The Balaban J connectivity index is 1.62. The third kappa shape index (κ3) is 4.77. The number of benzene rings is 2. The van der Waals surface area contributed by atoms with Crippen LogP contribution in [0.15, 0.2) is 42.5 Å². The summed E-state index contributed by atoms with van der Waals surface area (Å²) < 4.78 is 23.8. The lowest BCUT2D eigenvalue weighted by molar-refractivity contribution is -0.122. The number of hydrogen-bond acceptors (Lipinski definition) is 4. The van der Waals surface area contributed by atoms with Crippen LogP contribution in [0.25, 0.3) is 0 Å². The summed E-state index contributed by atoms with van der Waals surface area (Å²) in [5.41, 5.74) is 1.95. The first-order valence-electron chi connectivity index (χ1n) is 9.08. The smallest absolute Gasteiger partial charge is 0.234 e. The lowest BCUT2D eigenvalue weighted by Gasteiger charge is -2.26. The molecular weight excluding hydrogens is 347 g/mol. The number of nitrogens with one attached hydrogen (secondary N) is 1. The molecule has 0 saturated carbocycles. The minimum atomic E-state index is -0.279. The first-order chi connectivity index (χ1) is 13.1. The fourth-order valence-corrected chi connectivity index (χ4v) is 3.50. The minimum Gasteiger partial charge on any atom is -0.497 e. The molecule has 1 aliphatic rings. The zero-order chi connectivity index (χ0) is 19.2. The van der Waals surface area contributed by atoms with Crippen LogP contribution < -0.4 is 14.8 Å². The highest BCUT2D eigenvalue weighted by atomic mass is 19.1. The van der Waals surface area contributed by atoms with Crippen molar-refractivity contribution >= 4 is 5.91 Å². The molecular formula is C21H25FN2O3. The SMILES string of the molecule is COc1ccc([C@@H]2CCCN2CC(=O)NCc2ccc(F)cc2)c(OC)c1. The number of methoxy groups -OCH3 is 2. The maximum atomic E-state index is 13.0. The Kier molecular flexibility index (Phi) is 6.29. The molecule has 0 aromatic heterocycles. The van der Waals surface area contributed by atoms with E-state index in [0.717, 1.165) is 42.0 Å². The number of carbonyl (C=O) groups excluding carboxylic acids is 1. The highest BCUT2D eigenvalue weighted by Gasteiger charge is 2.29. The summed E-state index contributed by atoms with van der Waals surface area (Å²) >= 11 is 0. The fourth-order valence-electron chi connectivity index (χ4n) is 3.50. The Bertz CT molecular complexity index is 779. The number of rotatable bonds is 7. The zero-order valence-electron chi connectivity index (χ0n) is 15.7. The normalized spacial score (nSPS) is 16.9. The molecule has 1 saturated heterocycles. The molecule has 3 rings (SSSR count). The van der Waals surface area contributed by atoms with Gasteiger partial charge >= 0.3 is 0 Å². The first-order valence-corrected chi connectivity index (χ1v) is 9.08. The molecule has 27 heavy (non-hydrogen) atoms. The lowest BCUT2D eigenvalue weighted by Crippen LogP contribution is -2.36. The lowest BCUT2D eigenvalue weighted by atomic mass is 10.0. The van der Waals surface area contributed by atoms with Crippen LogP contribution in [0, 0.1) is 5.82 Å². The molecule has 0 aliphatic carbocycles. The predicted molar refractivity (Wildman–Crippen MR) is 101 cm³/mol. The van der Waals surface area contributed by atoms with Gasteiger partial charge in [-0.3, -0.25) is 9.69 Å². The van der Waals surface area contributed by atoms with E-state index in [-0.39, 0.29) is 17.8 Å². The van der Waals surface area contributed by atoms with Crippen LogP contribution in [-0.2, 0) is 11.3 Å². The van der Waals surface area contributed by atoms with E-state index < -0.39 is 0 Å². The van der Waals surface area contributed by atoms with Crippen LogP contribution >= 0.6 is 0 Å². The van der Waals surface area contributed by atoms with Crippen molar-refractivity contribution < 1.29 is 18.7 Å². The van der Waals surface area contributed by atoms with Crippen molar-refractivity contribution in [3.8, 4) is 11.5 Å². The molecule has 1 fully saturated rings. The van der Waals surface area contributed by atoms with Crippen molar-refractivity contribution in [1.82, 2.24) is 10.2 Å². The van der Waals surface area contributed by atoms with Crippen molar-refractivity contribution in [3.05, 3.63) is 59.4 Å². The van der Waals surface area contributed by atoms with E-state index in [1.807, 2.05) is 18.2 Å². The second-order valence-corrected chi connectivity index (χ2v) is 6.64. The van der Waals surface area contributed by atoms with Crippen molar-refractivity contribution in [1.29, 1.82) is 0 Å². The van der Waals surface area contributed by atoms with Crippen molar-refractivity contribution in [2.75, 3.05) is 27.3 Å². The van der Waals surface area contributed by atoms with Crippen LogP contribution in [0.4, 0.5) is 4.39 Å². The summed E-state index contributed by atoms with van der Waals surface area (Å²) in [6.45, 7) is 1.58. The second kappa shape index (κ2) is 8.86. The van der Waals surface area contributed by atoms with Crippen LogP contribution in [-0.4, -0.2) is 38.1 Å². The van der Waals surface area contributed by atoms with Gasteiger partial charge in [0.25, 0.3) is 0 Å². The van der Waals surface area contributed by atoms with E-state index in [4.69, 9.17) is 9.47 Å². The van der Waals surface area contributed by atoms with E-state index in [0.29, 0.717) is 13.1 Å². The maximum absolute atomic E-state index is 13.0. The maximum Gasteiger partial charge on any atom is 0.234 e. The Labute approximate surface area is 159 Å². The summed E-state index contributed by atoms with van der Waals surface area (Å²) in [5, 5.41) is 2.91. The molecule has 1 heterocycles. The number of nitrogens with zero attached hydrogens (tertiary/aromatic N) is 1. The molecule has 144 valence electrons. The molecule has 5 nitrogen and oxygen atoms in total. The average molecular weight is 372 g/mol. The number of likely N-dealkylation sites (tertiary alicyclic amines) is 1. The Morgan fingerprint density at radius 2 is 1.96 bits per heavy atom. The van der Waals surface area contributed by atoms with Crippen LogP contribution in [0.2, 0.25) is 0 Å². The van der Waals surface area contributed by atoms with E-state index in [9.17, 15) is 9.18 Å². The standard InChI is InChI=1S/C21H25FN2O3/c1-26-17-9-10-18(20(12-17)27-2)19-4-3-11-24(19)14-21(25)23-13-15-5-7-16(22)8-6-15/h5-10,12,19H,3-4,11,13-14H2,1-2H3,(H,23,25)/t19-/m0/s1. The van der Waals surface area contributed by atoms with Crippen molar-refractivity contribution in [2.24, 2.45) is 0 Å². The summed E-state index contributed by atoms with van der Waals surface area (Å²) in [7, 11) is 3.27. The number of amides is 1. The summed E-state index contributed by atoms with van der Waals surface area (Å²) in [6.07, 6.45) is 2.01. The van der Waals surface area contributed by atoms with Crippen LogP contribution in [0.3, 0.4) is 0 Å². The Morgan fingerprint density at radius 1 is 1.19 bits per heavy atom. The zero-order valence-corrected chi connectivity index (χ0v) is 15.7. The number of carbonyl (C=O) groups is 1.